The van der Waals surface area contributed by atoms with Crippen molar-refractivity contribution in [3.63, 3.8) is 0 Å². The second-order valence-electron chi connectivity index (χ2n) is 8.52. The van der Waals surface area contributed by atoms with E-state index in [2.05, 4.69) is 15.1 Å². The van der Waals surface area contributed by atoms with Crippen LogP contribution in [0.15, 0.2) is 47.8 Å². The Morgan fingerprint density at radius 2 is 1.93 bits per heavy atom. The Kier molecular flexibility index (Phi) is 5.06. The van der Waals surface area contributed by atoms with E-state index in [-0.39, 0.29) is 11.3 Å². The number of hydrogen-bond acceptors (Lipinski definition) is 6. The van der Waals surface area contributed by atoms with Crippen molar-refractivity contribution < 1.29 is 9.32 Å². The van der Waals surface area contributed by atoms with E-state index in [0.29, 0.717) is 18.9 Å². The summed E-state index contributed by atoms with van der Waals surface area (Å²) in [7, 11) is 0. The van der Waals surface area contributed by atoms with Crippen LogP contribution in [0.5, 0.6) is 0 Å². The average Bonchev–Trinajstić information content (AvgIpc) is 3.23. The Morgan fingerprint density at radius 3 is 2.63 bits per heavy atom. The molecule has 0 atom stereocenters. The molecular formula is C22H26N6O2. The fraction of sp³-hybridized carbons (Fsp3) is 0.500. The van der Waals surface area contributed by atoms with E-state index in [1.165, 1.54) is 12.8 Å². The SMILES string of the molecule is O=C(CCn1ccnc1)N1CCC(CC2CC2)(c2noc(-c3ccncc3)n2)CC1. The predicted octanol–water partition coefficient (Wildman–Crippen LogP) is 3.08. The summed E-state index contributed by atoms with van der Waals surface area (Å²) in [6.45, 7) is 2.16. The Balaban J connectivity index is 1.28. The van der Waals surface area contributed by atoms with Crippen molar-refractivity contribution in [2.45, 2.75) is 50.5 Å². The van der Waals surface area contributed by atoms with Crippen molar-refractivity contribution >= 4 is 5.91 Å². The van der Waals surface area contributed by atoms with Crippen LogP contribution in [0.1, 0.15) is 44.3 Å². The van der Waals surface area contributed by atoms with E-state index in [1.54, 1.807) is 24.9 Å². The average molecular weight is 406 g/mol. The van der Waals surface area contributed by atoms with Crippen molar-refractivity contribution in [3.05, 3.63) is 49.1 Å². The van der Waals surface area contributed by atoms with Crippen LogP contribution in [-0.4, -0.2) is 48.6 Å². The molecule has 8 heteroatoms. The first-order valence-corrected chi connectivity index (χ1v) is 10.7. The summed E-state index contributed by atoms with van der Waals surface area (Å²) in [5.74, 6) is 2.29. The van der Waals surface area contributed by atoms with Crippen LogP contribution in [0.25, 0.3) is 11.5 Å². The largest absolute Gasteiger partial charge is 0.343 e. The third-order valence-corrected chi connectivity index (χ3v) is 6.42. The molecule has 0 unspecified atom stereocenters. The summed E-state index contributed by atoms with van der Waals surface area (Å²) in [5.41, 5.74) is 0.786. The Bertz CT molecular complexity index is 972. The number of rotatable bonds is 7. The standard InChI is InChI=1S/C22H26N6O2/c29-19(5-11-27-14-10-24-16-27)28-12-6-22(7-13-28,15-17-1-2-17)21-25-20(30-26-21)18-3-8-23-9-4-18/h3-4,8-10,14,16-17H,1-2,5-7,11-13,15H2. The third-order valence-electron chi connectivity index (χ3n) is 6.42. The highest BCUT2D eigenvalue weighted by molar-refractivity contribution is 5.76. The summed E-state index contributed by atoms with van der Waals surface area (Å²) in [5, 5.41) is 4.39. The number of amides is 1. The first kappa shape index (κ1) is 19.0. The van der Waals surface area contributed by atoms with E-state index in [9.17, 15) is 4.79 Å². The number of carbonyl (C=O) groups excluding carboxylic acids is 1. The second kappa shape index (κ2) is 8.01. The lowest BCUT2D eigenvalue weighted by molar-refractivity contribution is -0.133. The molecule has 0 N–H and O–H groups in total. The highest BCUT2D eigenvalue weighted by atomic mass is 16.5. The highest BCUT2D eigenvalue weighted by Gasteiger charge is 2.44. The van der Waals surface area contributed by atoms with Gasteiger partial charge in [0, 0.05) is 61.8 Å². The molecule has 2 fully saturated rings. The topological polar surface area (TPSA) is 89.9 Å². The number of pyridine rings is 1. The van der Waals surface area contributed by atoms with Gasteiger partial charge >= 0.3 is 0 Å². The Hall–Kier alpha value is -3.03. The molecule has 4 heterocycles. The maximum absolute atomic E-state index is 12.7. The lowest BCUT2D eigenvalue weighted by atomic mass is 9.73. The van der Waals surface area contributed by atoms with Crippen molar-refractivity contribution in [1.29, 1.82) is 0 Å². The minimum absolute atomic E-state index is 0.100. The zero-order valence-corrected chi connectivity index (χ0v) is 17.0. The van der Waals surface area contributed by atoms with Crippen molar-refractivity contribution in [2.75, 3.05) is 13.1 Å². The van der Waals surface area contributed by atoms with Gasteiger partial charge in [-0.25, -0.2) is 4.98 Å². The second-order valence-corrected chi connectivity index (χ2v) is 8.52. The van der Waals surface area contributed by atoms with Gasteiger partial charge in [0.1, 0.15) is 0 Å². The van der Waals surface area contributed by atoms with Crippen LogP contribution in [0.4, 0.5) is 0 Å². The van der Waals surface area contributed by atoms with Gasteiger partial charge in [-0.1, -0.05) is 18.0 Å². The lowest BCUT2D eigenvalue weighted by Gasteiger charge is -2.40. The predicted molar refractivity (Wildman–Crippen MR) is 109 cm³/mol. The van der Waals surface area contributed by atoms with Gasteiger partial charge in [0.15, 0.2) is 5.82 Å². The van der Waals surface area contributed by atoms with Crippen LogP contribution in [0, 0.1) is 5.92 Å². The number of piperidine rings is 1. The molecule has 156 valence electrons. The number of aryl methyl sites for hydroxylation is 1. The van der Waals surface area contributed by atoms with Gasteiger partial charge in [-0.2, -0.15) is 4.98 Å². The van der Waals surface area contributed by atoms with Crippen molar-refractivity contribution in [2.24, 2.45) is 5.92 Å². The first-order valence-electron chi connectivity index (χ1n) is 10.7. The van der Waals surface area contributed by atoms with E-state index in [1.807, 2.05) is 27.8 Å². The maximum Gasteiger partial charge on any atom is 0.258 e. The van der Waals surface area contributed by atoms with Crippen molar-refractivity contribution in [1.82, 2.24) is 29.6 Å². The molecule has 1 aliphatic carbocycles. The lowest BCUT2D eigenvalue weighted by Crippen LogP contribution is -2.46. The Labute approximate surface area is 175 Å². The van der Waals surface area contributed by atoms with Gasteiger partial charge in [-0.15, -0.1) is 0 Å². The van der Waals surface area contributed by atoms with Gasteiger partial charge < -0.3 is 14.0 Å². The molecule has 30 heavy (non-hydrogen) atoms. The normalized spacial score (nSPS) is 18.5. The molecule has 0 spiro atoms. The molecule has 0 bridgehead atoms. The third kappa shape index (κ3) is 3.99. The number of imidazole rings is 1. The van der Waals surface area contributed by atoms with Gasteiger partial charge in [-0.05, 0) is 37.3 Å². The molecule has 5 rings (SSSR count). The van der Waals surface area contributed by atoms with Gasteiger partial charge in [0.2, 0.25) is 5.91 Å². The van der Waals surface area contributed by atoms with Gasteiger partial charge in [-0.3, -0.25) is 9.78 Å². The minimum atomic E-state index is -0.100. The Morgan fingerprint density at radius 1 is 1.13 bits per heavy atom. The van der Waals surface area contributed by atoms with Gasteiger partial charge in [0.05, 0.1) is 6.33 Å². The summed E-state index contributed by atoms with van der Waals surface area (Å²) in [6.07, 6.45) is 14.8. The van der Waals surface area contributed by atoms with E-state index in [0.717, 1.165) is 49.7 Å². The van der Waals surface area contributed by atoms with Crippen LogP contribution in [-0.2, 0) is 16.8 Å². The summed E-state index contributed by atoms with van der Waals surface area (Å²) < 4.78 is 7.55. The highest BCUT2D eigenvalue weighted by Crippen LogP contribution is 2.46. The van der Waals surface area contributed by atoms with Gasteiger partial charge in [0.25, 0.3) is 5.89 Å². The number of aromatic nitrogens is 5. The van der Waals surface area contributed by atoms with Crippen LogP contribution in [0.2, 0.25) is 0 Å². The summed E-state index contributed by atoms with van der Waals surface area (Å²) in [4.78, 5) is 27.6. The molecule has 0 aromatic carbocycles. The molecule has 3 aromatic rings. The number of carbonyl (C=O) groups is 1. The molecule has 1 saturated carbocycles. The molecule has 1 aliphatic heterocycles. The van der Waals surface area contributed by atoms with Crippen LogP contribution >= 0.6 is 0 Å². The molecule has 8 nitrogen and oxygen atoms in total. The van der Waals surface area contributed by atoms with Crippen LogP contribution in [0.3, 0.4) is 0 Å². The zero-order valence-electron chi connectivity index (χ0n) is 17.0. The van der Waals surface area contributed by atoms with E-state index < -0.39 is 0 Å². The van der Waals surface area contributed by atoms with E-state index >= 15 is 0 Å². The molecular weight excluding hydrogens is 380 g/mol. The summed E-state index contributed by atoms with van der Waals surface area (Å²) >= 11 is 0. The molecule has 1 saturated heterocycles. The number of hydrogen-bond donors (Lipinski definition) is 0. The fourth-order valence-electron chi connectivity index (χ4n) is 4.43. The first-order chi connectivity index (χ1) is 14.7. The summed E-state index contributed by atoms with van der Waals surface area (Å²) in [6, 6.07) is 3.76. The smallest absolute Gasteiger partial charge is 0.258 e. The fourth-order valence-corrected chi connectivity index (χ4v) is 4.43. The van der Waals surface area contributed by atoms with Crippen molar-refractivity contribution in [3.8, 4) is 11.5 Å². The maximum atomic E-state index is 12.7. The monoisotopic (exact) mass is 406 g/mol. The minimum Gasteiger partial charge on any atom is -0.343 e. The molecule has 0 radical (unpaired) electrons. The zero-order chi connectivity index (χ0) is 20.4. The molecule has 2 aliphatic rings. The molecule has 1 amide bonds. The number of likely N-dealkylation sites (tertiary alicyclic amines) is 1. The number of nitrogens with zero attached hydrogens (tertiary/aromatic N) is 6. The van der Waals surface area contributed by atoms with E-state index in [4.69, 9.17) is 9.51 Å². The quantitative estimate of drug-likeness (QED) is 0.599. The molecule has 3 aromatic heterocycles. The van der Waals surface area contributed by atoms with Crippen LogP contribution < -0.4 is 0 Å².